The molecule has 0 aliphatic carbocycles. The van der Waals surface area contributed by atoms with Crippen LogP contribution in [0.3, 0.4) is 0 Å². The Balaban J connectivity index is 4.00. The molecule has 11 heavy (non-hydrogen) atoms. The van der Waals surface area contributed by atoms with Crippen LogP contribution in [0.15, 0.2) is 22.7 Å². The van der Waals surface area contributed by atoms with E-state index < -0.39 is 0 Å². The lowest BCUT2D eigenvalue weighted by atomic mass is 10.3. The first-order chi connectivity index (χ1) is 5.22. The van der Waals surface area contributed by atoms with Crippen LogP contribution in [-0.2, 0) is 9.53 Å². The maximum Gasteiger partial charge on any atom is 0.333 e. The van der Waals surface area contributed by atoms with Gasteiger partial charge in [-0.15, -0.1) is 0 Å². The lowest BCUT2D eigenvalue weighted by molar-refractivity contribution is -0.138. The summed E-state index contributed by atoms with van der Waals surface area (Å²) in [7, 11) is 0. The van der Waals surface area contributed by atoms with Gasteiger partial charge in [0.25, 0.3) is 0 Å². The zero-order valence-corrected chi connectivity index (χ0v) is 8.22. The Morgan fingerprint density at radius 3 is 2.73 bits per heavy atom. The van der Waals surface area contributed by atoms with Crippen molar-refractivity contribution in [1.82, 2.24) is 0 Å². The van der Waals surface area contributed by atoms with Gasteiger partial charge in [-0.25, -0.2) is 4.79 Å². The third-order valence-corrected chi connectivity index (χ3v) is 1.32. The van der Waals surface area contributed by atoms with Crippen molar-refractivity contribution in [2.75, 3.05) is 6.61 Å². The van der Waals surface area contributed by atoms with Crippen LogP contribution >= 0.6 is 15.9 Å². The summed E-state index contributed by atoms with van der Waals surface area (Å²) in [6, 6.07) is 0. The number of esters is 1. The first-order valence-corrected chi connectivity index (χ1v) is 4.24. The van der Waals surface area contributed by atoms with Gasteiger partial charge in [-0.3, -0.25) is 0 Å². The van der Waals surface area contributed by atoms with Crippen molar-refractivity contribution in [3.63, 3.8) is 0 Å². The summed E-state index contributed by atoms with van der Waals surface area (Å²) in [4.78, 5) is 12.6. The molecule has 0 saturated heterocycles. The maximum absolute atomic E-state index is 10.9. The zero-order chi connectivity index (χ0) is 8.69. The maximum atomic E-state index is 10.9. The third kappa shape index (κ3) is 4.79. The highest BCUT2D eigenvalue weighted by molar-refractivity contribution is 9.11. The second kappa shape index (κ2) is 6.16. The number of halogens is 1. The molecule has 0 atom stereocenters. The summed E-state index contributed by atoms with van der Waals surface area (Å²) in [5.41, 5.74) is 0.600. The lowest BCUT2D eigenvalue weighted by Crippen LogP contribution is -2.04. The van der Waals surface area contributed by atoms with Crippen molar-refractivity contribution in [2.45, 2.75) is 13.8 Å². The molecule has 62 valence electrons. The zero-order valence-electron chi connectivity index (χ0n) is 6.63. The molecular weight excluding hydrogens is 208 g/mol. The Morgan fingerprint density at radius 1 is 1.64 bits per heavy atom. The largest absolute Gasteiger partial charge is 0.463 e. The van der Waals surface area contributed by atoms with Crippen molar-refractivity contribution in [2.24, 2.45) is 0 Å². The number of ether oxygens (including phenoxy) is 1. The molecule has 0 fully saturated rings. The van der Waals surface area contributed by atoms with E-state index in [0.717, 1.165) is 0 Å². The smallest absolute Gasteiger partial charge is 0.333 e. The molecule has 0 heterocycles. The summed E-state index contributed by atoms with van der Waals surface area (Å²) in [6.07, 6.45) is 3.42. The Hall–Kier alpha value is -0.570. The quantitative estimate of drug-likeness (QED) is 0.414. The van der Waals surface area contributed by atoms with Crippen LogP contribution in [0, 0.1) is 0 Å². The van der Waals surface area contributed by atoms with Gasteiger partial charge in [0.15, 0.2) is 0 Å². The van der Waals surface area contributed by atoms with E-state index in [2.05, 4.69) is 15.9 Å². The normalized spacial score (nSPS) is 12.1. The third-order valence-electron chi connectivity index (χ3n) is 1.02. The average molecular weight is 219 g/mol. The van der Waals surface area contributed by atoms with Crippen LogP contribution in [0.2, 0.25) is 0 Å². The molecule has 0 bridgehead atoms. The molecule has 0 N–H and O–H groups in total. The standard InChI is InChI=1S/C8H11BrO2/c1-3-11-8(10)7(2)5-4-6-9/h4-6H,3H2,1-2H3/b6-4+,7-5+. The minimum atomic E-state index is -0.266. The monoisotopic (exact) mass is 218 g/mol. The molecule has 2 nitrogen and oxygen atoms in total. The van der Waals surface area contributed by atoms with Crippen LogP contribution in [0.25, 0.3) is 0 Å². The van der Waals surface area contributed by atoms with Crippen molar-refractivity contribution < 1.29 is 9.53 Å². The van der Waals surface area contributed by atoms with Crippen molar-refractivity contribution >= 4 is 21.9 Å². The lowest BCUT2D eigenvalue weighted by Gasteiger charge is -1.98. The highest BCUT2D eigenvalue weighted by Gasteiger charge is 2.01. The van der Waals surface area contributed by atoms with Gasteiger partial charge in [0.05, 0.1) is 6.61 Å². The molecule has 0 rings (SSSR count). The van der Waals surface area contributed by atoms with Gasteiger partial charge in [0.1, 0.15) is 0 Å². The van der Waals surface area contributed by atoms with E-state index in [0.29, 0.717) is 12.2 Å². The van der Waals surface area contributed by atoms with Gasteiger partial charge in [-0.2, -0.15) is 0 Å². The number of hydrogen-bond donors (Lipinski definition) is 0. The molecule has 0 amide bonds. The van der Waals surface area contributed by atoms with Gasteiger partial charge in [-0.05, 0) is 18.8 Å². The average Bonchev–Trinajstić information content (AvgIpc) is 2.00. The molecule has 0 unspecified atom stereocenters. The van der Waals surface area contributed by atoms with Gasteiger partial charge in [0.2, 0.25) is 0 Å². The van der Waals surface area contributed by atoms with Gasteiger partial charge in [-0.1, -0.05) is 28.1 Å². The van der Waals surface area contributed by atoms with Crippen LogP contribution in [-0.4, -0.2) is 12.6 Å². The van der Waals surface area contributed by atoms with E-state index in [1.54, 1.807) is 31.0 Å². The summed E-state index contributed by atoms with van der Waals surface area (Å²) < 4.78 is 4.74. The van der Waals surface area contributed by atoms with Gasteiger partial charge < -0.3 is 4.74 Å². The molecule has 0 aliphatic rings. The highest BCUT2D eigenvalue weighted by Crippen LogP contribution is 1.97. The molecule has 0 aromatic heterocycles. The number of hydrogen-bond acceptors (Lipinski definition) is 2. The molecule has 0 radical (unpaired) electrons. The second-order valence-electron chi connectivity index (χ2n) is 1.89. The molecule has 0 aliphatic heterocycles. The van der Waals surface area contributed by atoms with E-state index >= 15 is 0 Å². The fourth-order valence-electron chi connectivity index (χ4n) is 0.494. The molecule has 0 aromatic carbocycles. The van der Waals surface area contributed by atoms with E-state index in [4.69, 9.17) is 4.74 Å². The minimum absolute atomic E-state index is 0.266. The Bertz CT molecular complexity index is 183. The molecule has 0 aromatic rings. The fourth-order valence-corrected chi connectivity index (χ4v) is 0.646. The first kappa shape index (κ1) is 10.4. The van der Waals surface area contributed by atoms with E-state index in [-0.39, 0.29) is 5.97 Å². The summed E-state index contributed by atoms with van der Waals surface area (Å²) >= 11 is 3.09. The topological polar surface area (TPSA) is 26.3 Å². The number of allylic oxidation sites excluding steroid dienone is 2. The van der Waals surface area contributed by atoms with Gasteiger partial charge in [0, 0.05) is 5.57 Å². The van der Waals surface area contributed by atoms with E-state index in [1.165, 1.54) is 0 Å². The van der Waals surface area contributed by atoms with E-state index in [1.807, 2.05) is 0 Å². The minimum Gasteiger partial charge on any atom is -0.463 e. The summed E-state index contributed by atoms with van der Waals surface area (Å²) in [6.45, 7) is 3.92. The molecule has 0 saturated carbocycles. The second-order valence-corrected chi connectivity index (χ2v) is 2.42. The van der Waals surface area contributed by atoms with Crippen molar-refractivity contribution in [1.29, 1.82) is 0 Å². The fraction of sp³-hybridized carbons (Fsp3) is 0.375. The Kier molecular flexibility index (Phi) is 5.84. The van der Waals surface area contributed by atoms with Crippen LogP contribution in [0.4, 0.5) is 0 Å². The molecule has 3 heteroatoms. The highest BCUT2D eigenvalue weighted by atomic mass is 79.9. The predicted molar refractivity (Wildman–Crippen MR) is 48.5 cm³/mol. The van der Waals surface area contributed by atoms with Crippen LogP contribution in [0.1, 0.15) is 13.8 Å². The SMILES string of the molecule is CCOC(=O)/C(C)=C/C=C/Br. The molecule has 0 spiro atoms. The van der Waals surface area contributed by atoms with E-state index in [9.17, 15) is 4.79 Å². The number of rotatable bonds is 3. The predicted octanol–water partition coefficient (Wildman–Crippen LogP) is 2.40. The molecular formula is C8H11BrO2. The van der Waals surface area contributed by atoms with Crippen molar-refractivity contribution in [3.8, 4) is 0 Å². The van der Waals surface area contributed by atoms with Crippen molar-refractivity contribution in [3.05, 3.63) is 22.7 Å². The Morgan fingerprint density at radius 2 is 2.27 bits per heavy atom. The number of carbonyl (C=O) groups is 1. The summed E-state index contributed by atoms with van der Waals surface area (Å²) in [5, 5.41) is 0. The Labute approximate surface area is 75.1 Å². The van der Waals surface area contributed by atoms with Gasteiger partial charge >= 0.3 is 5.97 Å². The van der Waals surface area contributed by atoms with Crippen LogP contribution < -0.4 is 0 Å². The summed E-state index contributed by atoms with van der Waals surface area (Å²) in [5.74, 6) is -0.266. The first-order valence-electron chi connectivity index (χ1n) is 3.33. The van der Waals surface area contributed by atoms with Crippen LogP contribution in [0.5, 0.6) is 0 Å². The number of carbonyl (C=O) groups excluding carboxylic acids is 1.